The van der Waals surface area contributed by atoms with Crippen LogP contribution in [0.4, 0.5) is 22.7 Å². The molecule has 4 N–H and O–H groups in total. The molecular formula is C26H28N4O3. The Hall–Kier alpha value is -4.13. The van der Waals surface area contributed by atoms with Gasteiger partial charge < -0.3 is 21.3 Å². The standard InChI is InChI=1S/C26H28N4O3/c1-18(2)15-24(31)28-20-11-13-21(14-12-20)29-25(32)17-27-22-9-6-10-23(16-22)30-26(33)19-7-4-3-5-8-19/h3-14,16,18,27H,15,17H2,1-2H3,(H,28,31)(H,29,32)(H,30,33). The van der Waals surface area contributed by atoms with Crippen LogP contribution in [0.1, 0.15) is 30.6 Å². The summed E-state index contributed by atoms with van der Waals surface area (Å²) in [6.45, 7) is 4.04. The zero-order valence-corrected chi connectivity index (χ0v) is 18.7. The summed E-state index contributed by atoms with van der Waals surface area (Å²) in [6, 6.07) is 23.1. The van der Waals surface area contributed by atoms with Crippen molar-refractivity contribution in [1.29, 1.82) is 0 Å². The lowest BCUT2D eigenvalue weighted by Crippen LogP contribution is -2.22. The maximum Gasteiger partial charge on any atom is 0.255 e. The molecule has 0 radical (unpaired) electrons. The minimum Gasteiger partial charge on any atom is -0.376 e. The highest BCUT2D eigenvalue weighted by atomic mass is 16.2. The number of hydrogen-bond acceptors (Lipinski definition) is 4. The van der Waals surface area contributed by atoms with Gasteiger partial charge in [0.1, 0.15) is 0 Å². The van der Waals surface area contributed by atoms with E-state index < -0.39 is 0 Å². The predicted octanol–water partition coefficient (Wildman–Crippen LogP) is 4.97. The van der Waals surface area contributed by atoms with Gasteiger partial charge in [0.05, 0.1) is 6.54 Å². The Labute approximate surface area is 193 Å². The maximum atomic E-state index is 12.3. The number of amides is 3. The first-order chi connectivity index (χ1) is 15.9. The number of rotatable bonds is 9. The molecule has 0 atom stereocenters. The summed E-state index contributed by atoms with van der Waals surface area (Å²) in [7, 11) is 0. The van der Waals surface area contributed by atoms with Crippen LogP contribution >= 0.6 is 0 Å². The molecule has 0 saturated carbocycles. The lowest BCUT2D eigenvalue weighted by Gasteiger charge is -2.11. The Bertz CT molecular complexity index is 1100. The Morgan fingerprint density at radius 1 is 0.667 bits per heavy atom. The monoisotopic (exact) mass is 444 g/mol. The summed E-state index contributed by atoms with van der Waals surface area (Å²) in [4.78, 5) is 36.5. The molecule has 0 heterocycles. The molecule has 7 nitrogen and oxygen atoms in total. The lowest BCUT2D eigenvalue weighted by molar-refractivity contribution is -0.117. The Morgan fingerprint density at radius 2 is 1.27 bits per heavy atom. The quantitative estimate of drug-likeness (QED) is 0.374. The van der Waals surface area contributed by atoms with E-state index in [9.17, 15) is 14.4 Å². The number of anilines is 4. The van der Waals surface area contributed by atoms with Crippen LogP contribution in [-0.4, -0.2) is 24.3 Å². The SMILES string of the molecule is CC(C)CC(=O)Nc1ccc(NC(=O)CNc2cccc(NC(=O)c3ccccc3)c2)cc1. The van der Waals surface area contributed by atoms with Crippen molar-refractivity contribution in [2.24, 2.45) is 5.92 Å². The molecule has 33 heavy (non-hydrogen) atoms. The van der Waals surface area contributed by atoms with Crippen molar-refractivity contribution < 1.29 is 14.4 Å². The van der Waals surface area contributed by atoms with Gasteiger partial charge >= 0.3 is 0 Å². The highest BCUT2D eigenvalue weighted by Gasteiger charge is 2.08. The van der Waals surface area contributed by atoms with E-state index >= 15 is 0 Å². The number of carbonyl (C=O) groups excluding carboxylic acids is 3. The maximum absolute atomic E-state index is 12.3. The summed E-state index contributed by atoms with van der Waals surface area (Å²) in [6.07, 6.45) is 0.460. The van der Waals surface area contributed by atoms with Crippen LogP contribution in [0.2, 0.25) is 0 Å². The number of nitrogens with one attached hydrogen (secondary N) is 4. The summed E-state index contributed by atoms with van der Waals surface area (Å²) < 4.78 is 0. The molecule has 3 rings (SSSR count). The lowest BCUT2D eigenvalue weighted by atomic mass is 10.1. The largest absolute Gasteiger partial charge is 0.376 e. The van der Waals surface area contributed by atoms with Crippen molar-refractivity contribution in [3.8, 4) is 0 Å². The Balaban J connectivity index is 1.48. The molecule has 3 amide bonds. The van der Waals surface area contributed by atoms with Crippen LogP contribution in [0.15, 0.2) is 78.9 Å². The van der Waals surface area contributed by atoms with Crippen LogP contribution in [0.3, 0.4) is 0 Å². The Morgan fingerprint density at radius 3 is 1.91 bits per heavy atom. The first-order valence-electron chi connectivity index (χ1n) is 10.8. The first kappa shape index (κ1) is 23.5. The van der Waals surface area contributed by atoms with Crippen LogP contribution in [0.5, 0.6) is 0 Å². The molecule has 0 aromatic heterocycles. The zero-order chi connectivity index (χ0) is 23.6. The molecule has 170 valence electrons. The molecule has 7 heteroatoms. The van der Waals surface area contributed by atoms with Crippen molar-refractivity contribution >= 4 is 40.5 Å². The molecule has 0 saturated heterocycles. The number of benzene rings is 3. The van der Waals surface area contributed by atoms with Gasteiger partial charge in [-0.25, -0.2) is 0 Å². The molecule has 0 aliphatic rings. The molecule has 0 spiro atoms. The average molecular weight is 445 g/mol. The van der Waals surface area contributed by atoms with Crippen LogP contribution < -0.4 is 21.3 Å². The minimum absolute atomic E-state index is 0.0341. The highest BCUT2D eigenvalue weighted by molar-refractivity contribution is 6.04. The van der Waals surface area contributed by atoms with E-state index in [1.807, 2.05) is 38.1 Å². The van der Waals surface area contributed by atoms with E-state index in [4.69, 9.17) is 0 Å². The molecular weight excluding hydrogens is 416 g/mol. The second-order valence-corrected chi connectivity index (χ2v) is 8.03. The normalized spacial score (nSPS) is 10.4. The molecule has 0 bridgehead atoms. The third-order valence-electron chi connectivity index (χ3n) is 4.66. The van der Waals surface area contributed by atoms with Crippen LogP contribution in [-0.2, 0) is 9.59 Å². The van der Waals surface area contributed by atoms with E-state index in [0.717, 1.165) is 0 Å². The van der Waals surface area contributed by atoms with Crippen LogP contribution in [0, 0.1) is 5.92 Å². The topological polar surface area (TPSA) is 99.3 Å². The van der Waals surface area contributed by atoms with Crippen molar-refractivity contribution in [2.75, 3.05) is 27.8 Å². The Kier molecular flexibility index (Phi) is 8.18. The third kappa shape index (κ3) is 7.81. The summed E-state index contributed by atoms with van der Waals surface area (Å²) in [5, 5.41) is 11.5. The van der Waals surface area contributed by atoms with Gasteiger partial charge in [0.2, 0.25) is 11.8 Å². The first-order valence-corrected chi connectivity index (χ1v) is 10.8. The fourth-order valence-corrected chi connectivity index (χ4v) is 3.11. The van der Waals surface area contributed by atoms with E-state index in [1.165, 1.54) is 0 Å². The predicted molar refractivity (Wildman–Crippen MR) is 132 cm³/mol. The van der Waals surface area contributed by atoms with Gasteiger partial charge in [-0.05, 0) is 60.5 Å². The average Bonchev–Trinajstić information content (AvgIpc) is 2.79. The number of carbonyl (C=O) groups is 3. The van der Waals surface area contributed by atoms with E-state index in [2.05, 4.69) is 21.3 Å². The summed E-state index contributed by atoms with van der Waals surface area (Å²) >= 11 is 0. The third-order valence-corrected chi connectivity index (χ3v) is 4.66. The van der Waals surface area contributed by atoms with Gasteiger partial charge in [-0.3, -0.25) is 14.4 Å². The van der Waals surface area contributed by atoms with E-state index in [-0.39, 0.29) is 30.2 Å². The fourth-order valence-electron chi connectivity index (χ4n) is 3.11. The van der Waals surface area contributed by atoms with Crippen molar-refractivity contribution in [2.45, 2.75) is 20.3 Å². The van der Waals surface area contributed by atoms with Crippen molar-refractivity contribution in [3.05, 3.63) is 84.4 Å². The fraction of sp³-hybridized carbons (Fsp3) is 0.192. The second kappa shape index (κ2) is 11.5. The smallest absolute Gasteiger partial charge is 0.255 e. The van der Waals surface area contributed by atoms with E-state index in [0.29, 0.717) is 34.7 Å². The minimum atomic E-state index is -0.217. The van der Waals surface area contributed by atoms with Gasteiger partial charge in [0.25, 0.3) is 5.91 Å². The summed E-state index contributed by atoms with van der Waals surface area (Å²) in [5.74, 6) is -0.162. The number of hydrogen-bond donors (Lipinski definition) is 4. The molecule has 0 fully saturated rings. The van der Waals surface area contributed by atoms with E-state index in [1.54, 1.807) is 54.6 Å². The second-order valence-electron chi connectivity index (χ2n) is 8.03. The molecule has 0 unspecified atom stereocenters. The molecule has 0 aliphatic carbocycles. The van der Waals surface area contributed by atoms with Crippen molar-refractivity contribution in [1.82, 2.24) is 0 Å². The van der Waals surface area contributed by atoms with Gasteiger partial charge in [-0.1, -0.05) is 38.1 Å². The summed E-state index contributed by atoms with van der Waals surface area (Å²) in [5.41, 5.74) is 3.23. The van der Waals surface area contributed by atoms with Gasteiger partial charge in [-0.15, -0.1) is 0 Å². The molecule has 3 aromatic rings. The van der Waals surface area contributed by atoms with Crippen LogP contribution in [0.25, 0.3) is 0 Å². The van der Waals surface area contributed by atoms with Crippen molar-refractivity contribution in [3.63, 3.8) is 0 Å². The van der Waals surface area contributed by atoms with Gasteiger partial charge in [0, 0.05) is 34.7 Å². The molecule has 3 aromatic carbocycles. The molecule has 0 aliphatic heterocycles. The van der Waals surface area contributed by atoms with Gasteiger partial charge in [0.15, 0.2) is 0 Å². The highest BCUT2D eigenvalue weighted by Crippen LogP contribution is 2.17. The van der Waals surface area contributed by atoms with Gasteiger partial charge in [-0.2, -0.15) is 0 Å². The zero-order valence-electron chi connectivity index (χ0n) is 18.7.